The minimum atomic E-state index is 0.340. The average molecular weight is 180 g/mol. The van der Waals surface area contributed by atoms with Crippen molar-refractivity contribution in [1.29, 1.82) is 0 Å². The standard InChI is InChI=1S/C12H20O/c1-10-5-3-7-12(8-4-6-10)9-11(2)13/h3,5,10,12H,4,6-9H2,1-2H3/b5-3+. The fourth-order valence-electron chi connectivity index (χ4n) is 2.04. The lowest BCUT2D eigenvalue weighted by Gasteiger charge is -2.17. The summed E-state index contributed by atoms with van der Waals surface area (Å²) in [5.41, 5.74) is 0. The van der Waals surface area contributed by atoms with Gasteiger partial charge in [0.1, 0.15) is 5.78 Å². The molecule has 0 radical (unpaired) electrons. The molecule has 0 amide bonds. The second kappa shape index (κ2) is 5.21. The highest BCUT2D eigenvalue weighted by Gasteiger charge is 2.12. The highest BCUT2D eigenvalue weighted by atomic mass is 16.1. The molecule has 0 N–H and O–H groups in total. The SMILES string of the molecule is CC(=O)CC1C/C=C/C(C)CCC1. The lowest BCUT2D eigenvalue weighted by Crippen LogP contribution is -2.07. The predicted molar refractivity (Wildman–Crippen MR) is 55.6 cm³/mol. The first-order chi connectivity index (χ1) is 6.18. The third kappa shape index (κ3) is 4.25. The summed E-state index contributed by atoms with van der Waals surface area (Å²) in [5, 5.41) is 0. The molecule has 0 saturated carbocycles. The maximum atomic E-state index is 11.0. The molecular formula is C12H20O. The minimum absolute atomic E-state index is 0.340. The lowest BCUT2D eigenvalue weighted by atomic mass is 9.88. The van der Waals surface area contributed by atoms with Crippen molar-refractivity contribution in [2.45, 2.75) is 46.0 Å². The monoisotopic (exact) mass is 180 g/mol. The molecule has 0 fully saturated rings. The molecule has 2 atom stereocenters. The van der Waals surface area contributed by atoms with Crippen LogP contribution in [-0.4, -0.2) is 5.78 Å². The van der Waals surface area contributed by atoms with Gasteiger partial charge >= 0.3 is 0 Å². The van der Waals surface area contributed by atoms with E-state index in [1.165, 1.54) is 19.3 Å². The molecule has 0 bridgehead atoms. The third-order valence-electron chi connectivity index (χ3n) is 2.78. The second-order valence-electron chi connectivity index (χ2n) is 4.34. The fourth-order valence-corrected chi connectivity index (χ4v) is 2.04. The van der Waals surface area contributed by atoms with Crippen LogP contribution in [0.25, 0.3) is 0 Å². The molecule has 2 unspecified atom stereocenters. The maximum Gasteiger partial charge on any atom is 0.130 e. The van der Waals surface area contributed by atoms with Crippen LogP contribution in [0.15, 0.2) is 12.2 Å². The van der Waals surface area contributed by atoms with E-state index >= 15 is 0 Å². The van der Waals surface area contributed by atoms with Crippen LogP contribution >= 0.6 is 0 Å². The zero-order valence-electron chi connectivity index (χ0n) is 8.75. The zero-order chi connectivity index (χ0) is 9.68. The molecule has 1 rings (SSSR count). The van der Waals surface area contributed by atoms with Gasteiger partial charge in [-0.2, -0.15) is 0 Å². The summed E-state index contributed by atoms with van der Waals surface area (Å²) in [6, 6.07) is 0. The van der Waals surface area contributed by atoms with Gasteiger partial charge in [-0.25, -0.2) is 0 Å². The Kier molecular flexibility index (Phi) is 4.20. The van der Waals surface area contributed by atoms with E-state index < -0.39 is 0 Å². The molecule has 0 spiro atoms. The molecule has 0 aliphatic heterocycles. The van der Waals surface area contributed by atoms with Gasteiger partial charge in [-0.3, -0.25) is 0 Å². The number of allylic oxidation sites excluding steroid dienone is 2. The highest BCUT2D eigenvalue weighted by molar-refractivity contribution is 5.75. The number of ketones is 1. The number of Topliss-reactive ketones (excluding diaryl/α,β-unsaturated/α-hetero) is 1. The predicted octanol–water partition coefficient (Wildman–Crippen LogP) is 3.35. The minimum Gasteiger partial charge on any atom is -0.300 e. The van der Waals surface area contributed by atoms with E-state index in [1.807, 2.05) is 0 Å². The van der Waals surface area contributed by atoms with Crippen molar-refractivity contribution in [2.75, 3.05) is 0 Å². The van der Waals surface area contributed by atoms with Crippen LogP contribution in [0.4, 0.5) is 0 Å². The van der Waals surface area contributed by atoms with Gasteiger partial charge in [-0.05, 0) is 38.0 Å². The van der Waals surface area contributed by atoms with Crippen molar-refractivity contribution in [3.8, 4) is 0 Å². The molecular weight excluding hydrogens is 160 g/mol. The van der Waals surface area contributed by atoms with Gasteiger partial charge in [0.2, 0.25) is 0 Å². The molecule has 74 valence electrons. The van der Waals surface area contributed by atoms with Gasteiger partial charge in [0.05, 0.1) is 0 Å². The second-order valence-corrected chi connectivity index (χ2v) is 4.34. The Morgan fingerprint density at radius 2 is 2.23 bits per heavy atom. The van der Waals surface area contributed by atoms with Crippen LogP contribution < -0.4 is 0 Å². The smallest absolute Gasteiger partial charge is 0.130 e. The average Bonchev–Trinajstić information content (AvgIpc) is 1.99. The topological polar surface area (TPSA) is 17.1 Å². The van der Waals surface area contributed by atoms with Gasteiger partial charge in [-0.1, -0.05) is 25.5 Å². The molecule has 0 aromatic rings. The number of rotatable bonds is 2. The molecule has 1 aliphatic rings. The van der Waals surface area contributed by atoms with Crippen molar-refractivity contribution in [2.24, 2.45) is 11.8 Å². The van der Waals surface area contributed by atoms with Crippen molar-refractivity contribution in [3.05, 3.63) is 12.2 Å². The van der Waals surface area contributed by atoms with Crippen LogP contribution in [0.5, 0.6) is 0 Å². The molecule has 0 aromatic carbocycles. The molecule has 0 aromatic heterocycles. The van der Waals surface area contributed by atoms with E-state index in [0.717, 1.165) is 18.8 Å². The van der Waals surface area contributed by atoms with Crippen LogP contribution in [0, 0.1) is 11.8 Å². The van der Waals surface area contributed by atoms with Crippen molar-refractivity contribution in [3.63, 3.8) is 0 Å². The van der Waals surface area contributed by atoms with Crippen molar-refractivity contribution in [1.82, 2.24) is 0 Å². The summed E-state index contributed by atoms with van der Waals surface area (Å²) in [4.78, 5) is 11.0. The summed E-state index contributed by atoms with van der Waals surface area (Å²) in [5.74, 6) is 1.69. The van der Waals surface area contributed by atoms with Crippen LogP contribution in [-0.2, 0) is 4.79 Å². The summed E-state index contributed by atoms with van der Waals surface area (Å²) in [6.45, 7) is 3.97. The quantitative estimate of drug-likeness (QED) is 0.596. The van der Waals surface area contributed by atoms with E-state index in [4.69, 9.17) is 0 Å². The van der Waals surface area contributed by atoms with Gasteiger partial charge in [-0.15, -0.1) is 0 Å². The Morgan fingerprint density at radius 3 is 2.92 bits per heavy atom. The summed E-state index contributed by atoms with van der Waals surface area (Å²) < 4.78 is 0. The summed E-state index contributed by atoms with van der Waals surface area (Å²) in [6.07, 6.45) is 10.2. The largest absolute Gasteiger partial charge is 0.300 e. The van der Waals surface area contributed by atoms with Crippen molar-refractivity contribution < 1.29 is 4.79 Å². The van der Waals surface area contributed by atoms with Gasteiger partial charge in [0.25, 0.3) is 0 Å². The Labute approximate surface area is 81.2 Å². The molecule has 1 heteroatoms. The van der Waals surface area contributed by atoms with E-state index in [2.05, 4.69) is 19.1 Å². The Balaban J connectivity index is 2.40. The lowest BCUT2D eigenvalue weighted by molar-refractivity contribution is -0.117. The van der Waals surface area contributed by atoms with Crippen LogP contribution in [0.2, 0.25) is 0 Å². The van der Waals surface area contributed by atoms with E-state index in [0.29, 0.717) is 11.7 Å². The summed E-state index contributed by atoms with van der Waals surface area (Å²) >= 11 is 0. The number of hydrogen-bond acceptors (Lipinski definition) is 1. The first-order valence-corrected chi connectivity index (χ1v) is 5.34. The number of carbonyl (C=O) groups excluding carboxylic acids is 1. The molecule has 0 heterocycles. The summed E-state index contributed by atoms with van der Waals surface area (Å²) in [7, 11) is 0. The molecule has 0 saturated heterocycles. The van der Waals surface area contributed by atoms with Crippen LogP contribution in [0.1, 0.15) is 46.0 Å². The Hall–Kier alpha value is -0.590. The van der Waals surface area contributed by atoms with E-state index in [1.54, 1.807) is 6.92 Å². The van der Waals surface area contributed by atoms with E-state index in [9.17, 15) is 4.79 Å². The molecule has 13 heavy (non-hydrogen) atoms. The van der Waals surface area contributed by atoms with Gasteiger partial charge in [0.15, 0.2) is 0 Å². The Bertz CT molecular complexity index is 193. The fraction of sp³-hybridized carbons (Fsp3) is 0.750. The van der Waals surface area contributed by atoms with Gasteiger partial charge in [0, 0.05) is 6.42 Å². The number of carbonyl (C=O) groups is 1. The normalized spacial score (nSPS) is 31.8. The third-order valence-corrected chi connectivity index (χ3v) is 2.78. The number of hydrogen-bond donors (Lipinski definition) is 0. The highest BCUT2D eigenvalue weighted by Crippen LogP contribution is 2.23. The molecule has 1 aliphatic carbocycles. The Morgan fingerprint density at radius 1 is 1.46 bits per heavy atom. The maximum absolute atomic E-state index is 11.0. The van der Waals surface area contributed by atoms with Crippen LogP contribution in [0.3, 0.4) is 0 Å². The zero-order valence-corrected chi connectivity index (χ0v) is 8.75. The van der Waals surface area contributed by atoms with Crippen molar-refractivity contribution >= 4 is 5.78 Å². The van der Waals surface area contributed by atoms with Gasteiger partial charge < -0.3 is 4.79 Å². The molecule has 1 nitrogen and oxygen atoms in total. The first-order valence-electron chi connectivity index (χ1n) is 5.34. The first kappa shape index (κ1) is 10.5. The van der Waals surface area contributed by atoms with E-state index in [-0.39, 0.29) is 0 Å².